The van der Waals surface area contributed by atoms with E-state index in [0.29, 0.717) is 11.4 Å². The first-order chi connectivity index (χ1) is 8.09. The number of hydrogen-bond donors (Lipinski definition) is 4. The Hall–Kier alpha value is -2.14. The number of benzene rings is 2. The second kappa shape index (κ2) is 3.18. The molecule has 0 unspecified atom stereocenters. The van der Waals surface area contributed by atoms with Gasteiger partial charge in [-0.25, -0.2) is 0 Å². The van der Waals surface area contributed by atoms with Crippen LogP contribution in [0.4, 0.5) is 11.4 Å². The smallest absolute Gasteiger partial charge is 0.139 e. The molecule has 1 heterocycles. The van der Waals surface area contributed by atoms with E-state index in [1.165, 1.54) is 11.3 Å². The third kappa shape index (κ3) is 1.23. The van der Waals surface area contributed by atoms with Crippen LogP contribution in [0.5, 0.6) is 11.5 Å². The molecule has 3 aromatic rings. The van der Waals surface area contributed by atoms with E-state index in [1.807, 2.05) is 0 Å². The lowest BCUT2D eigenvalue weighted by atomic mass is 10.1. The maximum Gasteiger partial charge on any atom is 0.139 e. The van der Waals surface area contributed by atoms with Gasteiger partial charge in [0.05, 0.1) is 20.8 Å². The van der Waals surface area contributed by atoms with Crippen LogP contribution in [0.1, 0.15) is 0 Å². The van der Waals surface area contributed by atoms with Crippen LogP contribution in [0.15, 0.2) is 24.3 Å². The van der Waals surface area contributed by atoms with E-state index in [4.69, 9.17) is 11.5 Å². The van der Waals surface area contributed by atoms with Gasteiger partial charge in [0.1, 0.15) is 11.5 Å². The molecule has 3 rings (SSSR count). The molecule has 5 heteroatoms. The highest BCUT2D eigenvalue weighted by molar-refractivity contribution is 7.27. The van der Waals surface area contributed by atoms with E-state index in [9.17, 15) is 10.2 Å². The standard InChI is InChI=1S/C12H10N2O2S/c13-9-7(15)3-1-5-6-2-4-8(16)10(14)12(6)17-11(5)9/h1-4,15-16H,13-14H2. The number of anilines is 2. The van der Waals surface area contributed by atoms with Crippen LogP contribution in [0.25, 0.3) is 20.2 Å². The molecule has 0 aliphatic carbocycles. The molecule has 17 heavy (non-hydrogen) atoms. The third-order valence-corrected chi connectivity index (χ3v) is 4.13. The molecule has 0 fully saturated rings. The van der Waals surface area contributed by atoms with Gasteiger partial charge >= 0.3 is 0 Å². The van der Waals surface area contributed by atoms with Crippen molar-refractivity contribution in [2.75, 3.05) is 11.5 Å². The second-order valence-electron chi connectivity index (χ2n) is 3.85. The lowest BCUT2D eigenvalue weighted by molar-refractivity contribution is 0.478. The van der Waals surface area contributed by atoms with Gasteiger partial charge in [-0.15, -0.1) is 11.3 Å². The summed E-state index contributed by atoms with van der Waals surface area (Å²) in [7, 11) is 0. The average Bonchev–Trinajstić information content (AvgIpc) is 2.69. The first kappa shape index (κ1) is 10.0. The number of hydrogen-bond acceptors (Lipinski definition) is 5. The van der Waals surface area contributed by atoms with E-state index in [-0.39, 0.29) is 11.5 Å². The van der Waals surface area contributed by atoms with Gasteiger partial charge in [0.2, 0.25) is 0 Å². The van der Waals surface area contributed by atoms with Gasteiger partial charge in [0, 0.05) is 10.8 Å². The van der Waals surface area contributed by atoms with Gasteiger partial charge in [-0.05, 0) is 24.3 Å². The average molecular weight is 246 g/mol. The van der Waals surface area contributed by atoms with Crippen LogP contribution in [0, 0.1) is 0 Å². The highest BCUT2D eigenvalue weighted by Gasteiger charge is 2.13. The largest absolute Gasteiger partial charge is 0.506 e. The van der Waals surface area contributed by atoms with Crippen molar-refractivity contribution in [1.82, 2.24) is 0 Å². The Balaban J connectivity index is 2.58. The molecule has 0 saturated heterocycles. The minimum absolute atomic E-state index is 0.0619. The van der Waals surface area contributed by atoms with Crippen molar-refractivity contribution < 1.29 is 10.2 Å². The predicted molar refractivity (Wildman–Crippen MR) is 71.5 cm³/mol. The maximum atomic E-state index is 9.57. The van der Waals surface area contributed by atoms with E-state index in [0.717, 1.165) is 20.2 Å². The van der Waals surface area contributed by atoms with E-state index < -0.39 is 0 Å². The Bertz CT molecular complexity index is 687. The maximum absolute atomic E-state index is 9.57. The Kier molecular flexibility index (Phi) is 1.88. The van der Waals surface area contributed by atoms with Gasteiger partial charge in [0.25, 0.3) is 0 Å². The molecule has 1 aromatic heterocycles. The van der Waals surface area contributed by atoms with Gasteiger partial charge < -0.3 is 21.7 Å². The number of nitrogens with two attached hydrogens (primary N) is 2. The summed E-state index contributed by atoms with van der Waals surface area (Å²) >= 11 is 1.37. The zero-order valence-corrected chi connectivity index (χ0v) is 9.58. The SMILES string of the molecule is Nc1c(O)ccc2c1sc1c(N)c(O)ccc12. The molecule has 0 aliphatic rings. The van der Waals surface area contributed by atoms with E-state index in [2.05, 4.69) is 0 Å². The minimum Gasteiger partial charge on any atom is -0.506 e. The fourth-order valence-electron chi connectivity index (χ4n) is 1.92. The molecule has 4 nitrogen and oxygen atoms in total. The number of phenolic OH excluding ortho intramolecular Hbond substituents is 2. The highest BCUT2D eigenvalue weighted by atomic mass is 32.1. The van der Waals surface area contributed by atoms with Crippen molar-refractivity contribution in [2.45, 2.75) is 0 Å². The molecule has 0 radical (unpaired) electrons. The monoisotopic (exact) mass is 246 g/mol. The zero-order valence-electron chi connectivity index (χ0n) is 8.77. The molecule has 6 N–H and O–H groups in total. The number of rotatable bonds is 0. The first-order valence-corrected chi connectivity index (χ1v) is 5.82. The Labute approximate surface area is 101 Å². The Morgan fingerprint density at radius 2 is 1.18 bits per heavy atom. The van der Waals surface area contributed by atoms with Crippen LogP contribution < -0.4 is 11.5 Å². The summed E-state index contributed by atoms with van der Waals surface area (Å²) in [6.45, 7) is 0. The second-order valence-corrected chi connectivity index (χ2v) is 4.87. The Morgan fingerprint density at radius 1 is 0.765 bits per heavy atom. The van der Waals surface area contributed by atoms with Crippen LogP contribution in [0.2, 0.25) is 0 Å². The van der Waals surface area contributed by atoms with E-state index >= 15 is 0 Å². The molecule has 86 valence electrons. The van der Waals surface area contributed by atoms with Crippen molar-refractivity contribution >= 4 is 42.9 Å². The quantitative estimate of drug-likeness (QED) is 0.362. The number of fused-ring (bicyclic) bond motifs is 3. The normalized spacial score (nSPS) is 11.3. The summed E-state index contributed by atoms with van der Waals surface area (Å²) in [6, 6.07) is 6.73. The summed E-state index contributed by atoms with van der Waals surface area (Å²) < 4.78 is 1.58. The van der Waals surface area contributed by atoms with Gasteiger partial charge in [0.15, 0.2) is 0 Å². The van der Waals surface area contributed by atoms with Gasteiger partial charge in [-0.3, -0.25) is 0 Å². The van der Waals surface area contributed by atoms with Gasteiger partial charge in [-0.1, -0.05) is 0 Å². The summed E-state index contributed by atoms with van der Waals surface area (Å²) in [5.41, 5.74) is 12.4. The Morgan fingerprint density at radius 3 is 1.59 bits per heavy atom. The fraction of sp³-hybridized carbons (Fsp3) is 0. The predicted octanol–water partition coefficient (Wildman–Crippen LogP) is 2.63. The minimum atomic E-state index is 0.0619. The van der Waals surface area contributed by atoms with Crippen LogP contribution >= 0.6 is 11.3 Å². The summed E-state index contributed by atoms with van der Waals surface area (Å²) in [5, 5.41) is 21.0. The van der Waals surface area contributed by atoms with E-state index in [1.54, 1.807) is 24.3 Å². The van der Waals surface area contributed by atoms with Crippen molar-refractivity contribution in [3.05, 3.63) is 24.3 Å². The number of thiophene rings is 1. The summed E-state index contributed by atoms with van der Waals surface area (Å²) in [4.78, 5) is 0. The highest BCUT2D eigenvalue weighted by Crippen LogP contribution is 2.44. The lowest BCUT2D eigenvalue weighted by Gasteiger charge is -1.99. The molecule has 0 aliphatic heterocycles. The molecular weight excluding hydrogens is 236 g/mol. The zero-order chi connectivity index (χ0) is 12.2. The van der Waals surface area contributed by atoms with Crippen LogP contribution in [0.3, 0.4) is 0 Å². The molecule has 0 spiro atoms. The van der Waals surface area contributed by atoms with Crippen molar-refractivity contribution in [2.24, 2.45) is 0 Å². The lowest BCUT2D eigenvalue weighted by Crippen LogP contribution is -1.85. The third-order valence-electron chi connectivity index (χ3n) is 2.84. The molecular formula is C12H10N2O2S. The fourth-order valence-corrected chi connectivity index (χ4v) is 3.13. The molecule has 0 saturated carbocycles. The molecule has 0 atom stereocenters. The van der Waals surface area contributed by atoms with Crippen LogP contribution in [-0.4, -0.2) is 10.2 Å². The molecule has 0 amide bonds. The number of nitrogen functional groups attached to an aromatic ring is 2. The summed E-state index contributed by atoms with van der Waals surface area (Å²) in [5.74, 6) is 0.124. The number of phenols is 2. The first-order valence-electron chi connectivity index (χ1n) is 5.00. The number of aromatic hydroxyl groups is 2. The molecule has 2 aromatic carbocycles. The summed E-state index contributed by atoms with van der Waals surface area (Å²) in [6.07, 6.45) is 0. The van der Waals surface area contributed by atoms with Crippen LogP contribution in [-0.2, 0) is 0 Å². The van der Waals surface area contributed by atoms with Crippen molar-refractivity contribution in [3.63, 3.8) is 0 Å². The molecule has 0 bridgehead atoms. The van der Waals surface area contributed by atoms with Gasteiger partial charge in [-0.2, -0.15) is 0 Å². The topological polar surface area (TPSA) is 92.5 Å². The van der Waals surface area contributed by atoms with Crippen molar-refractivity contribution in [3.8, 4) is 11.5 Å². The van der Waals surface area contributed by atoms with Crippen molar-refractivity contribution in [1.29, 1.82) is 0 Å².